The fourth-order valence-electron chi connectivity index (χ4n) is 3.62. The van der Waals surface area contributed by atoms with Gasteiger partial charge in [0.25, 0.3) is 0 Å². The van der Waals surface area contributed by atoms with Crippen molar-refractivity contribution in [2.24, 2.45) is 17.8 Å². The van der Waals surface area contributed by atoms with E-state index in [9.17, 15) is 4.39 Å². The van der Waals surface area contributed by atoms with E-state index in [1.807, 2.05) is 12.1 Å². The monoisotopic (exact) mass is 291 g/mol. The topological polar surface area (TPSA) is 12.0 Å². The summed E-state index contributed by atoms with van der Waals surface area (Å²) in [5, 5.41) is 3.61. The van der Waals surface area contributed by atoms with Crippen LogP contribution in [0.3, 0.4) is 0 Å². The van der Waals surface area contributed by atoms with Gasteiger partial charge in [-0.25, -0.2) is 4.39 Å². The van der Waals surface area contributed by atoms with Crippen molar-refractivity contribution in [3.63, 3.8) is 0 Å². The predicted molar refractivity (Wildman–Crippen MR) is 87.9 cm³/mol. The first-order valence-corrected chi connectivity index (χ1v) is 8.56. The van der Waals surface area contributed by atoms with Gasteiger partial charge in [0, 0.05) is 6.04 Å². The zero-order valence-electron chi connectivity index (χ0n) is 13.7. The van der Waals surface area contributed by atoms with Crippen molar-refractivity contribution in [2.75, 3.05) is 6.54 Å². The highest BCUT2D eigenvalue weighted by Crippen LogP contribution is 2.37. The molecule has 0 heterocycles. The molecule has 0 spiro atoms. The maximum absolute atomic E-state index is 13.1. The SMILES string of the molecule is CCC1CCC(CNC(C)C)C(Cc2ccc(F)cc2)C1. The summed E-state index contributed by atoms with van der Waals surface area (Å²) in [5.41, 5.74) is 1.28. The summed E-state index contributed by atoms with van der Waals surface area (Å²) < 4.78 is 13.1. The van der Waals surface area contributed by atoms with Gasteiger partial charge in [-0.05, 0) is 61.3 Å². The molecule has 0 amide bonds. The Labute approximate surface area is 129 Å². The lowest BCUT2D eigenvalue weighted by Gasteiger charge is -2.37. The largest absolute Gasteiger partial charge is 0.314 e. The minimum Gasteiger partial charge on any atom is -0.314 e. The van der Waals surface area contributed by atoms with Crippen molar-refractivity contribution in [3.05, 3.63) is 35.6 Å². The van der Waals surface area contributed by atoms with E-state index in [1.165, 1.54) is 31.2 Å². The number of rotatable bonds is 6. The predicted octanol–water partition coefficient (Wildman–Crippen LogP) is 4.81. The van der Waals surface area contributed by atoms with E-state index in [0.717, 1.165) is 30.7 Å². The third kappa shape index (κ3) is 5.10. The van der Waals surface area contributed by atoms with Crippen molar-refractivity contribution in [1.82, 2.24) is 5.32 Å². The zero-order chi connectivity index (χ0) is 15.2. The number of halogens is 1. The standard InChI is InChI=1S/C19H30FN/c1-4-15-5-8-17(13-21-14(2)3)18(11-15)12-16-6-9-19(20)10-7-16/h6-7,9-10,14-15,17-18,21H,4-5,8,11-13H2,1-3H3. The van der Waals surface area contributed by atoms with Crippen molar-refractivity contribution < 1.29 is 4.39 Å². The highest BCUT2D eigenvalue weighted by atomic mass is 19.1. The van der Waals surface area contributed by atoms with Crippen LogP contribution in [0.25, 0.3) is 0 Å². The number of hydrogen-bond donors (Lipinski definition) is 1. The van der Waals surface area contributed by atoms with Crippen LogP contribution >= 0.6 is 0 Å². The van der Waals surface area contributed by atoms with E-state index in [-0.39, 0.29) is 5.82 Å². The summed E-state index contributed by atoms with van der Waals surface area (Å²) in [6, 6.07) is 7.66. The Morgan fingerprint density at radius 1 is 1.14 bits per heavy atom. The first-order chi connectivity index (χ1) is 10.1. The lowest BCUT2D eigenvalue weighted by molar-refractivity contribution is 0.169. The van der Waals surface area contributed by atoms with Crippen LogP contribution in [0.1, 0.15) is 52.0 Å². The van der Waals surface area contributed by atoms with Gasteiger partial charge in [-0.3, -0.25) is 0 Å². The van der Waals surface area contributed by atoms with E-state index in [4.69, 9.17) is 0 Å². The summed E-state index contributed by atoms with van der Waals surface area (Å²) in [4.78, 5) is 0. The Bertz CT molecular complexity index is 412. The van der Waals surface area contributed by atoms with Crippen molar-refractivity contribution in [2.45, 2.75) is 58.9 Å². The normalized spacial score (nSPS) is 26.2. The molecule has 118 valence electrons. The summed E-state index contributed by atoms with van der Waals surface area (Å²) in [6.07, 6.45) is 6.44. The van der Waals surface area contributed by atoms with Crippen LogP contribution in [0.5, 0.6) is 0 Å². The molecular weight excluding hydrogens is 261 g/mol. The molecule has 1 N–H and O–H groups in total. The van der Waals surface area contributed by atoms with Gasteiger partial charge >= 0.3 is 0 Å². The maximum Gasteiger partial charge on any atom is 0.123 e. The van der Waals surface area contributed by atoms with Crippen LogP contribution < -0.4 is 5.32 Å². The molecule has 3 atom stereocenters. The van der Waals surface area contributed by atoms with Gasteiger partial charge in [0.1, 0.15) is 5.82 Å². The van der Waals surface area contributed by atoms with Crippen LogP contribution in [-0.4, -0.2) is 12.6 Å². The quantitative estimate of drug-likeness (QED) is 0.793. The van der Waals surface area contributed by atoms with Gasteiger partial charge < -0.3 is 5.32 Å². The number of nitrogens with one attached hydrogen (secondary N) is 1. The van der Waals surface area contributed by atoms with Gasteiger partial charge in [0.2, 0.25) is 0 Å². The average Bonchev–Trinajstić information content (AvgIpc) is 2.48. The van der Waals surface area contributed by atoms with E-state index in [1.54, 1.807) is 12.1 Å². The van der Waals surface area contributed by atoms with E-state index < -0.39 is 0 Å². The van der Waals surface area contributed by atoms with Crippen molar-refractivity contribution in [1.29, 1.82) is 0 Å². The van der Waals surface area contributed by atoms with Crippen LogP contribution in [-0.2, 0) is 6.42 Å². The molecule has 0 aliphatic heterocycles. The molecule has 0 bridgehead atoms. The molecule has 2 rings (SSSR count). The highest BCUT2D eigenvalue weighted by molar-refractivity contribution is 5.17. The highest BCUT2D eigenvalue weighted by Gasteiger charge is 2.29. The Morgan fingerprint density at radius 3 is 2.48 bits per heavy atom. The van der Waals surface area contributed by atoms with E-state index >= 15 is 0 Å². The van der Waals surface area contributed by atoms with Gasteiger partial charge in [0.15, 0.2) is 0 Å². The molecule has 1 aliphatic rings. The van der Waals surface area contributed by atoms with Crippen LogP contribution in [0.4, 0.5) is 4.39 Å². The lowest BCUT2D eigenvalue weighted by atomic mass is 9.71. The Kier molecular flexibility index (Phi) is 6.22. The molecule has 3 unspecified atom stereocenters. The number of hydrogen-bond acceptors (Lipinski definition) is 1. The molecule has 2 heteroatoms. The molecule has 1 aliphatic carbocycles. The summed E-state index contributed by atoms with van der Waals surface area (Å²) >= 11 is 0. The summed E-state index contributed by atoms with van der Waals surface area (Å²) in [7, 11) is 0. The molecule has 1 nitrogen and oxygen atoms in total. The molecule has 0 aromatic heterocycles. The Hall–Kier alpha value is -0.890. The van der Waals surface area contributed by atoms with Crippen LogP contribution in [0.2, 0.25) is 0 Å². The number of benzene rings is 1. The minimum absolute atomic E-state index is 0.133. The second-order valence-electron chi connectivity index (χ2n) is 7.00. The molecule has 0 radical (unpaired) electrons. The van der Waals surface area contributed by atoms with Gasteiger partial charge in [0.05, 0.1) is 0 Å². The van der Waals surface area contributed by atoms with Crippen LogP contribution in [0, 0.1) is 23.6 Å². The smallest absolute Gasteiger partial charge is 0.123 e. The average molecular weight is 291 g/mol. The van der Waals surface area contributed by atoms with Crippen molar-refractivity contribution in [3.8, 4) is 0 Å². The molecule has 1 fully saturated rings. The third-order valence-electron chi connectivity index (χ3n) is 5.03. The van der Waals surface area contributed by atoms with E-state index in [2.05, 4.69) is 26.1 Å². The first-order valence-electron chi connectivity index (χ1n) is 8.56. The van der Waals surface area contributed by atoms with Gasteiger partial charge in [-0.1, -0.05) is 45.7 Å². The summed E-state index contributed by atoms with van der Waals surface area (Å²) in [6.45, 7) is 7.87. The molecule has 1 aromatic carbocycles. The lowest BCUT2D eigenvalue weighted by Crippen LogP contribution is -2.36. The Balaban J connectivity index is 2.00. The fourth-order valence-corrected chi connectivity index (χ4v) is 3.62. The maximum atomic E-state index is 13.1. The zero-order valence-corrected chi connectivity index (χ0v) is 13.7. The van der Waals surface area contributed by atoms with Gasteiger partial charge in [-0.2, -0.15) is 0 Å². The minimum atomic E-state index is -0.133. The molecular formula is C19H30FN. The molecule has 1 saturated carbocycles. The molecule has 0 saturated heterocycles. The first kappa shape index (κ1) is 16.5. The Morgan fingerprint density at radius 2 is 1.86 bits per heavy atom. The summed E-state index contributed by atoms with van der Waals surface area (Å²) in [5.74, 6) is 2.25. The fraction of sp³-hybridized carbons (Fsp3) is 0.684. The second kappa shape index (κ2) is 7.93. The second-order valence-corrected chi connectivity index (χ2v) is 7.00. The van der Waals surface area contributed by atoms with Gasteiger partial charge in [-0.15, -0.1) is 0 Å². The third-order valence-corrected chi connectivity index (χ3v) is 5.03. The van der Waals surface area contributed by atoms with Crippen molar-refractivity contribution >= 4 is 0 Å². The molecule has 21 heavy (non-hydrogen) atoms. The van der Waals surface area contributed by atoms with E-state index in [0.29, 0.717) is 6.04 Å². The van der Waals surface area contributed by atoms with Crippen LogP contribution in [0.15, 0.2) is 24.3 Å². The molecule has 1 aromatic rings.